The van der Waals surface area contributed by atoms with Gasteiger partial charge in [0.2, 0.25) is 5.91 Å². The van der Waals surface area contributed by atoms with Crippen LogP contribution in [0.2, 0.25) is 0 Å². The second-order valence-corrected chi connectivity index (χ2v) is 8.06. The number of nitrogens with one attached hydrogen (secondary N) is 2. The SMILES string of the molecule is C[C@@H](C(=O)N1CCCCCC1)N1C(=O)C2(CCNCC2)Nc2ccccc21. The lowest BCUT2D eigenvalue weighted by atomic mass is 9.83. The zero-order chi connectivity index (χ0) is 18.9. The smallest absolute Gasteiger partial charge is 0.253 e. The standard InChI is InChI=1S/C21H30N4O2/c1-16(19(26)24-14-6-2-3-7-15-24)25-18-9-5-4-8-17(18)23-21(20(25)27)10-12-22-13-11-21/h4-5,8-9,16,22-23H,2-3,6-7,10-15H2,1H3/t16-/m0/s1. The molecular formula is C21H30N4O2. The minimum Gasteiger partial charge on any atom is -0.369 e. The average Bonchev–Trinajstić information content (AvgIpc) is 2.98. The highest BCUT2D eigenvalue weighted by atomic mass is 16.2. The first-order valence-corrected chi connectivity index (χ1v) is 10.3. The molecule has 3 heterocycles. The van der Waals surface area contributed by atoms with Gasteiger partial charge >= 0.3 is 0 Å². The number of para-hydroxylation sites is 2. The van der Waals surface area contributed by atoms with Crippen molar-refractivity contribution in [1.82, 2.24) is 10.2 Å². The van der Waals surface area contributed by atoms with Gasteiger partial charge in [0.25, 0.3) is 5.91 Å². The Hall–Kier alpha value is -2.08. The Labute approximate surface area is 161 Å². The molecule has 6 heteroatoms. The summed E-state index contributed by atoms with van der Waals surface area (Å²) in [6.45, 7) is 5.12. The number of hydrogen-bond acceptors (Lipinski definition) is 4. The molecule has 146 valence electrons. The fourth-order valence-electron chi connectivity index (χ4n) is 4.68. The first kappa shape index (κ1) is 18.3. The molecule has 0 aliphatic carbocycles. The Morgan fingerprint density at radius 2 is 1.74 bits per heavy atom. The Morgan fingerprint density at radius 3 is 2.44 bits per heavy atom. The molecule has 2 amide bonds. The number of amides is 2. The first-order chi connectivity index (χ1) is 13.1. The minimum absolute atomic E-state index is 0.0402. The molecule has 0 aromatic heterocycles. The van der Waals surface area contributed by atoms with E-state index in [2.05, 4.69) is 10.6 Å². The number of fused-ring (bicyclic) bond motifs is 1. The van der Waals surface area contributed by atoms with Gasteiger partial charge in [-0.25, -0.2) is 0 Å². The van der Waals surface area contributed by atoms with Gasteiger partial charge in [0.05, 0.1) is 11.4 Å². The number of likely N-dealkylation sites (tertiary alicyclic amines) is 1. The summed E-state index contributed by atoms with van der Waals surface area (Å²) in [5.41, 5.74) is 1.17. The zero-order valence-electron chi connectivity index (χ0n) is 16.2. The van der Waals surface area contributed by atoms with Gasteiger partial charge in [-0.3, -0.25) is 14.5 Å². The highest BCUT2D eigenvalue weighted by Gasteiger charge is 2.49. The van der Waals surface area contributed by atoms with Crippen molar-refractivity contribution in [2.24, 2.45) is 0 Å². The van der Waals surface area contributed by atoms with Crippen molar-refractivity contribution >= 4 is 23.2 Å². The van der Waals surface area contributed by atoms with Crippen LogP contribution in [0.1, 0.15) is 45.4 Å². The van der Waals surface area contributed by atoms with Crippen LogP contribution in [-0.2, 0) is 9.59 Å². The van der Waals surface area contributed by atoms with E-state index in [9.17, 15) is 9.59 Å². The van der Waals surface area contributed by atoms with Crippen LogP contribution in [0.15, 0.2) is 24.3 Å². The summed E-state index contributed by atoms with van der Waals surface area (Å²) in [7, 11) is 0. The van der Waals surface area contributed by atoms with Crippen molar-refractivity contribution < 1.29 is 9.59 Å². The third-order valence-corrected chi connectivity index (χ3v) is 6.29. The van der Waals surface area contributed by atoms with Crippen LogP contribution < -0.4 is 15.5 Å². The van der Waals surface area contributed by atoms with Gasteiger partial charge in [0.1, 0.15) is 11.6 Å². The molecule has 0 unspecified atom stereocenters. The van der Waals surface area contributed by atoms with E-state index in [1.807, 2.05) is 36.1 Å². The summed E-state index contributed by atoms with van der Waals surface area (Å²) in [4.78, 5) is 30.6. The van der Waals surface area contributed by atoms with E-state index < -0.39 is 11.6 Å². The topological polar surface area (TPSA) is 64.7 Å². The van der Waals surface area contributed by atoms with Crippen molar-refractivity contribution in [2.45, 2.75) is 57.0 Å². The summed E-state index contributed by atoms with van der Waals surface area (Å²) in [6, 6.07) is 7.40. The van der Waals surface area contributed by atoms with Crippen LogP contribution >= 0.6 is 0 Å². The van der Waals surface area contributed by atoms with Crippen molar-refractivity contribution in [3.05, 3.63) is 24.3 Å². The number of piperidine rings is 1. The number of nitrogens with zero attached hydrogens (tertiary/aromatic N) is 2. The van der Waals surface area contributed by atoms with E-state index in [1.54, 1.807) is 4.90 Å². The van der Waals surface area contributed by atoms with Gasteiger partial charge in [0.15, 0.2) is 0 Å². The third kappa shape index (κ3) is 3.31. The second-order valence-electron chi connectivity index (χ2n) is 8.06. The van der Waals surface area contributed by atoms with Gasteiger partial charge in [0, 0.05) is 13.1 Å². The van der Waals surface area contributed by atoms with Gasteiger partial charge < -0.3 is 15.5 Å². The fourth-order valence-corrected chi connectivity index (χ4v) is 4.68. The fraction of sp³-hybridized carbons (Fsp3) is 0.619. The largest absolute Gasteiger partial charge is 0.369 e. The highest BCUT2D eigenvalue weighted by Crippen LogP contribution is 2.40. The molecule has 1 aromatic rings. The predicted molar refractivity (Wildman–Crippen MR) is 107 cm³/mol. The molecule has 1 spiro atoms. The van der Waals surface area contributed by atoms with E-state index in [-0.39, 0.29) is 11.8 Å². The van der Waals surface area contributed by atoms with E-state index in [4.69, 9.17) is 0 Å². The molecular weight excluding hydrogens is 340 g/mol. The predicted octanol–water partition coefficient (Wildman–Crippen LogP) is 2.36. The van der Waals surface area contributed by atoms with Crippen LogP contribution in [0, 0.1) is 0 Å². The van der Waals surface area contributed by atoms with Crippen molar-refractivity contribution in [3.63, 3.8) is 0 Å². The lowest BCUT2D eigenvalue weighted by Crippen LogP contribution is -2.64. The summed E-state index contributed by atoms with van der Waals surface area (Å²) < 4.78 is 0. The molecule has 2 fully saturated rings. The van der Waals surface area contributed by atoms with Crippen LogP contribution in [0.5, 0.6) is 0 Å². The van der Waals surface area contributed by atoms with Crippen LogP contribution in [0.3, 0.4) is 0 Å². The maximum Gasteiger partial charge on any atom is 0.253 e. The molecule has 3 aliphatic heterocycles. The molecule has 0 radical (unpaired) electrons. The number of carbonyl (C=O) groups excluding carboxylic acids is 2. The monoisotopic (exact) mass is 370 g/mol. The Balaban J connectivity index is 1.66. The number of benzene rings is 1. The van der Waals surface area contributed by atoms with E-state index in [1.165, 1.54) is 12.8 Å². The molecule has 0 saturated carbocycles. The number of rotatable bonds is 2. The molecule has 4 rings (SSSR count). The maximum atomic E-state index is 13.6. The molecule has 1 atom stereocenters. The van der Waals surface area contributed by atoms with Gasteiger partial charge in [-0.1, -0.05) is 25.0 Å². The molecule has 3 aliphatic rings. The summed E-state index contributed by atoms with van der Waals surface area (Å²) in [6.07, 6.45) is 5.95. The normalized spacial score (nSPS) is 23.4. The lowest BCUT2D eigenvalue weighted by molar-refractivity contribution is -0.135. The van der Waals surface area contributed by atoms with Gasteiger partial charge in [-0.15, -0.1) is 0 Å². The van der Waals surface area contributed by atoms with E-state index in [0.717, 1.165) is 63.2 Å². The first-order valence-electron chi connectivity index (χ1n) is 10.3. The van der Waals surface area contributed by atoms with E-state index in [0.29, 0.717) is 0 Å². The van der Waals surface area contributed by atoms with Crippen LogP contribution in [-0.4, -0.2) is 54.5 Å². The highest BCUT2D eigenvalue weighted by molar-refractivity contribution is 6.11. The van der Waals surface area contributed by atoms with Gasteiger partial charge in [-0.2, -0.15) is 0 Å². The minimum atomic E-state index is -0.604. The zero-order valence-corrected chi connectivity index (χ0v) is 16.2. The Kier molecular flexibility index (Phi) is 5.08. The lowest BCUT2D eigenvalue weighted by Gasteiger charge is -2.47. The number of hydrogen-bond donors (Lipinski definition) is 2. The van der Waals surface area contributed by atoms with Crippen LogP contribution in [0.25, 0.3) is 0 Å². The molecule has 6 nitrogen and oxygen atoms in total. The number of carbonyl (C=O) groups is 2. The number of anilines is 2. The Bertz CT molecular complexity index is 706. The quantitative estimate of drug-likeness (QED) is 0.839. The molecule has 1 aromatic carbocycles. The summed E-state index contributed by atoms with van der Waals surface area (Å²) in [5.74, 6) is 0.115. The van der Waals surface area contributed by atoms with Crippen molar-refractivity contribution in [3.8, 4) is 0 Å². The summed E-state index contributed by atoms with van der Waals surface area (Å²) >= 11 is 0. The van der Waals surface area contributed by atoms with Crippen LogP contribution in [0.4, 0.5) is 11.4 Å². The Morgan fingerprint density at radius 1 is 1.07 bits per heavy atom. The van der Waals surface area contributed by atoms with Gasteiger partial charge in [-0.05, 0) is 57.8 Å². The third-order valence-electron chi connectivity index (χ3n) is 6.29. The summed E-state index contributed by atoms with van der Waals surface area (Å²) in [5, 5.41) is 6.86. The molecule has 2 N–H and O–H groups in total. The average molecular weight is 370 g/mol. The molecule has 27 heavy (non-hydrogen) atoms. The second kappa shape index (κ2) is 7.50. The van der Waals surface area contributed by atoms with Crippen molar-refractivity contribution in [1.29, 1.82) is 0 Å². The van der Waals surface area contributed by atoms with E-state index >= 15 is 0 Å². The maximum absolute atomic E-state index is 13.6. The molecule has 2 saturated heterocycles. The molecule has 0 bridgehead atoms. The van der Waals surface area contributed by atoms with Crippen molar-refractivity contribution in [2.75, 3.05) is 36.4 Å².